The number of methoxy groups -OCH3 is 2. The number of carbonyl (C=O) groups is 1. The van der Waals surface area contributed by atoms with Crippen molar-refractivity contribution in [2.75, 3.05) is 14.2 Å². The van der Waals surface area contributed by atoms with Crippen molar-refractivity contribution >= 4 is 5.91 Å². The van der Waals surface area contributed by atoms with Gasteiger partial charge in [-0.2, -0.15) is 13.2 Å². The molecule has 0 aromatic heterocycles. The molecule has 1 aromatic rings. The predicted molar refractivity (Wildman–Crippen MR) is 85.0 cm³/mol. The maximum atomic E-state index is 13.0. The van der Waals surface area contributed by atoms with Gasteiger partial charge in [0.05, 0.1) is 5.41 Å². The SMILES string of the molecule is COC1(OC)CC(C)(C(=O)NCc2ccc(C3(C(F)(F)F)N=N3)cc2)C1. The summed E-state index contributed by atoms with van der Waals surface area (Å²) in [7, 11) is 3.07. The minimum absolute atomic E-state index is 0.0315. The Balaban J connectivity index is 1.57. The summed E-state index contributed by atoms with van der Waals surface area (Å²) in [6.07, 6.45) is -3.67. The summed E-state index contributed by atoms with van der Waals surface area (Å²) in [6.45, 7) is 2.04. The third-order valence-electron chi connectivity index (χ3n) is 5.12. The summed E-state index contributed by atoms with van der Waals surface area (Å²) in [5, 5.41) is 9.15. The van der Waals surface area contributed by atoms with Crippen LogP contribution in [0.5, 0.6) is 0 Å². The van der Waals surface area contributed by atoms with Gasteiger partial charge < -0.3 is 14.8 Å². The molecule has 26 heavy (non-hydrogen) atoms. The van der Waals surface area contributed by atoms with Crippen LogP contribution in [0.3, 0.4) is 0 Å². The van der Waals surface area contributed by atoms with Crippen LogP contribution < -0.4 is 5.32 Å². The number of ether oxygens (including phenoxy) is 2. The lowest BCUT2D eigenvalue weighted by Crippen LogP contribution is -2.59. The van der Waals surface area contributed by atoms with Gasteiger partial charge in [0, 0.05) is 39.2 Å². The predicted octanol–water partition coefficient (Wildman–Crippen LogP) is 3.27. The Labute approximate surface area is 148 Å². The molecule has 1 N–H and O–H groups in total. The molecule has 1 aromatic carbocycles. The van der Waals surface area contributed by atoms with Crippen molar-refractivity contribution in [3.8, 4) is 0 Å². The Morgan fingerprint density at radius 1 is 1.15 bits per heavy atom. The monoisotopic (exact) mass is 371 g/mol. The van der Waals surface area contributed by atoms with Gasteiger partial charge in [-0.1, -0.05) is 31.2 Å². The molecule has 0 radical (unpaired) electrons. The van der Waals surface area contributed by atoms with Crippen LogP contribution in [0.15, 0.2) is 34.5 Å². The molecule has 1 amide bonds. The van der Waals surface area contributed by atoms with Crippen molar-refractivity contribution in [2.24, 2.45) is 15.6 Å². The number of carbonyl (C=O) groups excluding carboxylic acids is 1. The van der Waals surface area contributed by atoms with Crippen LogP contribution in [0.2, 0.25) is 0 Å². The minimum Gasteiger partial charge on any atom is -0.353 e. The van der Waals surface area contributed by atoms with Gasteiger partial charge in [0.2, 0.25) is 5.91 Å². The fourth-order valence-corrected chi connectivity index (χ4v) is 3.36. The van der Waals surface area contributed by atoms with Crippen molar-refractivity contribution in [2.45, 2.75) is 43.9 Å². The summed E-state index contributed by atoms with van der Waals surface area (Å²) in [4.78, 5) is 12.4. The topological polar surface area (TPSA) is 72.3 Å². The van der Waals surface area contributed by atoms with Crippen molar-refractivity contribution in [3.63, 3.8) is 0 Å². The van der Waals surface area contributed by atoms with E-state index in [1.54, 1.807) is 0 Å². The molecule has 2 aliphatic rings. The molecule has 1 aliphatic carbocycles. The molecular formula is C17H20F3N3O3. The molecule has 0 atom stereocenters. The zero-order chi connectivity index (χ0) is 19.2. The molecule has 1 fully saturated rings. The summed E-state index contributed by atoms with van der Waals surface area (Å²) in [6, 6.07) is 5.73. The number of nitrogens with one attached hydrogen (secondary N) is 1. The fourth-order valence-electron chi connectivity index (χ4n) is 3.36. The second-order valence-electron chi connectivity index (χ2n) is 6.98. The first-order valence-electron chi connectivity index (χ1n) is 8.09. The van der Waals surface area contributed by atoms with E-state index in [4.69, 9.17) is 9.47 Å². The van der Waals surface area contributed by atoms with E-state index in [0.29, 0.717) is 18.4 Å². The molecule has 0 bridgehead atoms. The number of amides is 1. The maximum Gasteiger partial charge on any atom is 0.442 e. The van der Waals surface area contributed by atoms with Crippen molar-refractivity contribution in [1.82, 2.24) is 5.32 Å². The lowest BCUT2D eigenvalue weighted by Gasteiger charge is -2.51. The molecule has 3 rings (SSSR count). The summed E-state index contributed by atoms with van der Waals surface area (Å²) in [5.41, 5.74) is -2.36. The van der Waals surface area contributed by atoms with E-state index < -0.39 is 23.0 Å². The lowest BCUT2D eigenvalue weighted by atomic mass is 9.65. The van der Waals surface area contributed by atoms with Crippen LogP contribution in [-0.4, -0.2) is 32.1 Å². The van der Waals surface area contributed by atoms with Crippen LogP contribution in [0, 0.1) is 5.41 Å². The average Bonchev–Trinajstić information content (AvgIpc) is 3.39. The fraction of sp³-hybridized carbons (Fsp3) is 0.588. The number of rotatable bonds is 6. The molecule has 1 aliphatic heterocycles. The molecule has 9 heteroatoms. The number of benzene rings is 1. The van der Waals surface area contributed by atoms with Crippen molar-refractivity contribution in [1.29, 1.82) is 0 Å². The zero-order valence-corrected chi connectivity index (χ0v) is 14.7. The van der Waals surface area contributed by atoms with E-state index >= 15 is 0 Å². The number of alkyl halides is 3. The first kappa shape index (κ1) is 18.8. The molecule has 1 heterocycles. The number of nitrogens with zero attached hydrogens (tertiary/aromatic N) is 2. The number of hydrogen-bond donors (Lipinski definition) is 1. The smallest absolute Gasteiger partial charge is 0.353 e. The Morgan fingerprint density at radius 2 is 1.69 bits per heavy atom. The van der Waals surface area contributed by atoms with E-state index in [9.17, 15) is 18.0 Å². The highest BCUT2D eigenvalue weighted by atomic mass is 19.4. The summed E-state index contributed by atoms with van der Waals surface area (Å²) >= 11 is 0. The van der Waals surface area contributed by atoms with Gasteiger partial charge in [-0.15, -0.1) is 10.2 Å². The number of hydrogen-bond acceptors (Lipinski definition) is 5. The van der Waals surface area contributed by atoms with Gasteiger partial charge in [0.1, 0.15) is 0 Å². The van der Waals surface area contributed by atoms with Gasteiger partial charge in [-0.3, -0.25) is 4.79 Å². The molecule has 6 nitrogen and oxygen atoms in total. The van der Waals surface area contributed by atoms with Crippen molar-refractivity contribution in [3.05, 3.63) is 35.4 Å². The largest absolute Gasteiger partial charge is 0.442 e. The minimum atomic E-state index is -4.54. The normalized spacial score (nSPS) is 21.8. The van der Waals surface area contributed by atoms with Crippen molar-refractivity contribution < 1.29 is 27.4 Å². The summed E-state index contributed by atoms with van der Waals surface area (Å²) < 4.78 is 49.5. The molecule has 1 saturated carbocycles. The Kier molecular flexibility index (Phi) is 4.35. The quantitative estimate of drug-likeness (QED) is 0.780. The van der Waals surface area contributed by atoms with Crippen LogP contribution in [-0.2, 0) is 26.5 Å². The Bertz CT molecular complexity index is 713. The third-order valence-corrected chi connectivity index (χ3v) is 5.12. The second kappa shape index (κ2) is 6.02. The van der Waals surface area contributed by atoms with Crippen LogP contribution in [0.4, 0.5) is 13.2 Å². The molecular weight excluding hydrogens is 351 g/mol. The van der Waals surface area contributed by atoms with Crippen LogP contribution in [0.1, 0.15) is 30.9 Å². The zero-order valence-electron chi connectivity index (χ0n) is 14.7. The van der Waals surface area contributed by atoms with Gasteiger partial charge in [-0.25, -0.2) is 0 Å². The second-order valence-corrected chi connectivity index (χ2v) is 6.98. The summed E-state index contributed by atoms with van der Waals surface area (Å²) in [5.74, 6) is -0.873. The number of halogens is 3. The van der Waals surface area contributed by atoms with E-state index in [1.807, 2.05) is 6.92 Å². The lowest BCUT2D eigenvalue weighted by molar-refractivity contribution is -0.287. The van der Waals surface area contributed by atoms with E-state index in [0.717, 1.165) is 0 Å². The molecule has 0 saturated heterocycles. The van der Waals surface area contributed by atoms with E-state index in [2.05, 4.69) is 15.5 Å². The van der Waals surface area contributed by atoms with E-state index in [-0.39, 0.29) is 18.0 Å². The Morgan fingerprint density at radius 3 is 2.12 bits per heavy atom. The Hall–Kier alpha value is -2.00. The maximum absolute atomic E-state index is 13.0. The third kappa shape index (κ3) is 2.99. The van der Waals surface area contributed by atoms with Gasteiger partial charge in [-0.05, 0) is 5.56 Å². The van der Waals surface area contributed by atoms with Gasteiger partial charge in [0.15, 0.2) is 5.79 Å². The molecule has 142 valence electrons. The van der Waals surface area contributed by atoms with Crippen LogP contribution >= 0.6 is 0 Å². The highest BCUT2D eigenvalue weighted by Gasteiger charge is 2.65. The first-order valence-corrected chi connectivity index (χ1v) is 8.09. The van der Waals surface area contributed by atoms with E-state index in [1.165, 1.54) is 38.5 Å². The van der Waals surface area contributed by atoms with Gasteiger partial charge >= 0.3 is 11.8 Å². The standard InChI is InChI=1S/C17H20F3N3O3/c1-14(9-15(10-14,25-2)26-3)13(24)21-8-11-4-6-12(7-5-11)16(22-23-16)17(18,19)20/h4-7H,8-10H2,1-3H3,(H,21,24). The highest BCUT2D eigenvalue weighted by Crippen LogP contribution is 2.52. The van der Waals surface area contributed by atoms with Crippen LogP contribution in [0.25, 0.3) is 0 Å². The average molecular weight is 371 g/mol. The van der Waals surface area contributed by atoms with Gasteiger partial charge in [0.25, 0.3) is 0 Å². The molecule has 0 unspecified atom stereocenters. The first-order chi connectivity index (χ1) is 12.1. The highest BCUT2D eigenvalue weighted by molar-refractivity contribution is 5.83. The molecule has 0 spiro atoms.